The van der Waals surface area contributed by atoms with Gasteiger partial charge in [-0.2, -0.15) is 0 Å². The van der Waals surface area contributed by atoms with Crippen LogP contribution in [0.1, 0.15) is 31.1 Å². The number of fused-ring (bicyclic) bond motifs is 1. The van der Waals surface area contributed by atoms with Gasteiger partial charge in [0.2, 0.25) is 5.28 Å². The van der Waals surface area contributed by atoms with E-state index in [9.17, 15) is 5.11 Å². The van der Waals surface area contributed by atoms with Gasteiger partial charge in [0.05, 0.1) is 5.39 Å². The molecule has 1 aliphatic rings. The normalized spacial score (nSPS) is 22.0. The fraction of sp³-hybridized carbons (Fsp3) is 0.600. The molecule has 2 unspecified atom stereocenters. The lowest BCUT2D eigenvalue weighted by atomic mass is 9.97. The summed E-state index contributed by atoms with van der Waals surface area (Å²) in [5, 5.41) is 14.2. The Morgan fingerprint density at radius 2 is 2.19 bits per heavy atom. The van der Waals surface area contributed by atoms with Crippen LogP contribution in [0.4, 0.5) is 5.82 Å². The molecule has 0 spiro atoms. The third-order valence-corrected chi connectivity index (χ3v) is 5.69. The lowest BCUT2D eigenvalue weighted by Gasteiger charge is -2.18. The minimum absolute atomic E-state index is 0.282. The average molecular weight is 326 g/mol. The zero-order valence-corrected chi connectivity index (χ0v) is 13.7. The van der Waals surface area contributed by atoms with Crippen molar-refractivity contribution < 1.29 is 5.11 Å². The third kappa shape index (κ3) is 3.15. The molecule has 0 radical (unpaired) electrons. The zero-order chi connectivity index (χ0) is 14.8. The van der Waals surface area contributed by atoms with Crippen LogP contribution in [0.2, 0.25) is 5.28 Å². The molecule has 2 heterocycles. The minimum atomic E-state index is 0.282. The highest BCUT2D eigenvalue weighted by Gasteiger charge is 2.26. The summed E-state index contributed by atoms with van der Waals surface area (Å²) >= 11 is 7.71. The van der Waals surface area contributed by atoms with Gasteiger partial charge in [0.25, 0.3) is 0 Å². The van der Waals surface area contributed by atoms with Gasteiger partial charge >= 0.3 is 0 Å². The van der Waals surface area contributed by atoms with Gasteiger partial charge in [0, 0.05) is 18.0 Å². The molecule has 2 aromatic heterocycles. The second-order valence-electron chi connectivity index (χ2n) is 5.64. The number of nitrogens with one attached hydrogen (secondary N) is 1. The highest BCUT2D eigenvalue weighted by Crippen LogP contribution is 2.33. The van der Waals surface area contributed by atoms with Gasteiger partial charge in [-0.3, -0.25) is 0 Å². The van der Waals surface area contributed by atoms with Gasteiger partial charge < -0.3 is 10.4 Å². The lowest BCUT2D eigenvalue weighted by molar-refractivity contribution is 0.199. The summed E-state index contributed by atoms with van der Waals surface area (Å²) in [6.07, 6.45) is 4.49. The van der Waals surface area contributed by atoms with Crippen molar-refractivity contribution in [2.45, 2.75) is 32.6 Å². The number of thiophene rings is 1. The molecule has 2 aromatic rings. The van der Waals surface area contributed by atoms with E-state index >= 15 is 0 Å². The van der Waals surface area contributed by atoms with Crippen LogP contribution in [0.15, 0.2) is 6.07 Å². The molecule has 0 aliphatic heterocycles. The van der Waals surface area contributed by atoms with Crippen molar-refractivity contribution in [2.24, 2.45) is 11.8 Å². The quantitative estimate of drug-likeness (QED) is 0.822. The Morgan fingerprint density at radius 3 is 2.95 bits per heavy atom. The summed E-state index contributed by atoms with van der Waals surface area (Å²) in [4.78, 5) is 10.9. The van der Waals surface area contributed by atoms with Crippen molar-refractivity contribution in [2.75, 3.05) is 18.5 Å². The van der Waals surface area contributed by atoms with E-state index in [-0.39, 0.29) is 6.61 Å². The van der Waals surface area contributed by atoms with E-state index in [0.717, 1.165) is 35.4 Å². The van der Waals surface area contributed by atoms with Crippen molar-refractivity contribution >= 4 is 39.0 Å². The van der Waals surface area contributed by atoms with E-state index in [1.54, 1.807) is 11.3 Å². The van der Waals surface area contributed by atoms with Crippen molar-refractivity contribution in [3.05, 3.63) is 16.2 Å². The molecule has 0 aromatic carbocycles. The third-order valence-electron chi connectivity index (χ3n) is 4.35. The first kappa shape index (κ1) is 15.0. The van der Waals surface area contributed by atoms with Crippen LogP contribution in [-0.4, -0.2) is 28.2 Å². The average Bonchev–Trinajstić information content (AvgIpc) is 3.10. The molecule has 1 saturated carbocycles. The van der Waals surface area contributed by atoms with Crippen molar-refractivity contribution in [3.63, 3.8) is 0 Å². The van der Waals surface area contributed by atoms with E-state index in [0.29, 0.717) is 17.1 Å². The maximum Gasteiger partial charge on any atom is 0.225 e. The monoisotopic (exact) mass is 325 g/mol. The molecule has 0 saturated heterocycles. The number of aryl methyl sites for hydroxylation is 1. The largest absolute Gasteiger partial charge is 0.396 e. The number of anilines is 1. The summed E-state index contributed by atoms with van der Waals surface area (Å²) in [5.74, 6) is 1.76. The van der Waals surface area contributed by atoms with E-state index in [1.165, 1.54) is 17.7 Å². The predicted octanol–water partition coefficient (Wildman–Crippen LogP) is 3.73. The number of hydrogen-bond acceptors (Lipinski definition) is 5. The molecular formula is C15H20ClN3OS. The van der Waals surface area contributed by atoms with Gasteiger partial charge in [-0.15, -0.1) is 11.3 Å². The predicted molar refractivity (Wildman–Crippen MR) is 88.2 cm³/mol. The number of aliphatic hydroxyl groups excluding tert-OH is 1. The molecule has 4 nitrogen and oxygen atoms in total. The fourth-order valence-corrected chi connectivity index (χ4v) is 4.29. The number of aliphatic hydroxyl groups is 1. The second-order valence-corrected chi connectivity index (χ2v) is 7.09. The molecule has 2 atom stereocenters. The number of halogens is 1. The van der Waals surface area contributed by atoms with Gasteiger partial charge in [0.1, 0.15) is 10.6 Å². The summed E-state index contributed by atoms with van der Waals surface area (Å²) in [6, 6.07) is 2.15. The Kier molecular flexibility index (Phi) is 4.62. The Bertz CT molecular complexity index is 631. The van der Waals surface area contributed by atoms with Crippen molar-refractivity contribution in [1.82, 2.24) is 9.97 Å². The summed E-state index contributed by atoms with van der Waals surface area (Å²) in [5.41, 5.74) is 0. The highest BCUT2D eigenvalue weighted by molar-refractivity contribution is 7.18. The zero-order valence-electron chi connectivity index (χ0n) is 12.1. The molecule has 1 fully saturated rings. The Hall–Kier alpha value is -0.910. The molecule has 0 amide bonds. The molecule has 2 N–H and O–H groups in total. The molecule has 1 aliphatic carbocycles. The van der Waals surface area contributed by atoms with Crippen molar-refractivity contribution in [3.8, 4) is 0 Å². The van der Waals surface area contributed by atoms with E-state index in [4.69, 9.17) is 11.6 Å². The van der Waals surface area contributed by atoms with Gasteiger partial charge in [-0.1, -0.05) is 13.3 Å². The van der Waals surface area contributed by atoms with E-state index in [2.05, 4.69) is 28.3 Å². The summed E-state index contributed by atoms with van der Waals surface area (Å²) < 4.78 is 0. The van der Waals surface area contributed by atoms with Gasteiger partial charge in [-0.05, 0) is 48.8 Å². The first-order valence-electron chi connectivity index (χ1n) is 7.52. The SMILES string of the molecule is CCc1cc2c(NCC3CCCC3CO)nc(Cl)nc2s1. The van der Waals surface area contributed by atoms with Crippen LogP contribution in [0, 0.1) is 11.8 Å². The molecular weight excluding hydrogens is 306 g/mol. The van der Waals surface area contributed by atoms with Crippen LogP contribution in [0.5, 0.6) is 0 Å². The fourth-order valence-electron chi connectivity index (χ4n) is 3.10. The van der Waals surface area contributed by atoms with Crippen LogP contribution >= 0.6 is 22.9 Å². The minimum Gasteiger partial charge on any atom is -0.396 e. The molecule has 21 heavy (non-hydrogen) atoms. The topological polar surface area (TPSA) is 58.0 Å². The smallest absolute Gasteiger partial charge is 0.225 e. The highest BCUT2D eigenvalue weighted by atomic mass is 35.5. The first-order chi connectivity index (χ1) is 10.2. The molecule has 0 bridgehead atoms. The number of rotatable bonds is 5. The first-order valence-corrected chi connectivity index (χ1v) is 8.71. The Morgan fingerprint density at radius 1 is 1.38 bits per heavy atom. The van der Waals surface area contributed by atoms with Crippen LogP contribution in [0.25, 0.3) is 10.2 Å². The summed E-state index contributed by atoms with van der Waals surface area (Å²) in [7, 11) is 0. The van der Waals surface area contributed by atoms with Crippen LogP contribution < -0.4 is 5.32 Å². The van der Waals surface area contributed by atoms with Gasteiger partial charge in [0.15, 0.2) is 0 Å². The van der Waals surface area contributed by atoms with Crippen LogP contribution in [0.3, 0.4) is 0 Å². The van der Waals surface area contributed by atoms with Crippen LogP contribution in [-0.2, 0) is 6.42 Å². The summed E-state index contributed by atoms with van der Waals surface area (Å²) in [6.45, 7) is 3.26. The second kappa shape index (κ2) is 6.46. The number of aromatic nitrogens is 2. The molecule has 3 rings (SSSR count). The molecule has 114 valence electrons. The maximum atomic E-state index is 9.41. The number of nitrogens with zero attached hydrogens (tertiary/aromatic N) is 2. The van der Waals surface area contributed by atoms with Crippen molar-refractivity contribution in [1.29, 1.82) is 0 Å². The Balaban J connectivity index is 1.81. The Labute approximate surface area is 133 Å². The maximum absolute atomic E-state index is 9.41. The van der Waals surface area contributed by atoms with E-state index in [1.807, 2.05) is 0 Å². The van der Waals surface area contributed by atoms with E-state index < -0.39 is 0 Å². The standard InChI is InChI=1S/C15H20ClN3OS/c1-2-11-6-12-13(18-15(16)19-14(12)21-11)17-7-9-4-3-5-10(9)8-20/h6,9-10,20H,2-5,7-8H2,1H3,(H,17,18,19). The van der Waals surface area contributed by atoms with Gasteiger partial charge in [-0.25, -0.2) is 9.97 Å². The molecule has 6 heteroatoms. The lowest BCUT2D eigenvalue weighted by Crippen LogP contribution is -2.21. The number of hydrogen-bond donors (Lipinski definition) is 2.